The number of anilines is 2. The highest BCUT2D eigenvalue weighted by Gasteiger charge is 2.29. The SMILES string of the molecule is O=C(Nc1ccc(S(=O)(=O)N2CCN(c3cnccn3)CC2)cc1)c1ccc(S(=O)(=O)N2CCCCC2)cc1. The molecule has 1 aromatic heterocycles. The van der Waals surface area contributed by atoms with Crippen molar-refractivity contribution in [1.82, 2.24) is 18.6 Å². The number of carbonyl (C=O) groups is 1. The van der Waals surface area contributed by atoms with Gasteiger partial charge in [-0.05, 0) is 61.4 Å². The van der Waals surface area contributed by atoms with Crippen LogP contribution in [0.3, 0.4) is 0 Å². The zero-order valence-electron chi connectivity index (χ0n) is 21.3. The maximum atomic E-state index is 13.2. The van der Waals surface area contributed by atoms with Gasteiger partial charge >= 0.3 is 0 Å². The molecule has 3 aromatic rings. The van der Waals surface area contributed by atoms with Crippen molar-refractivity contribution in [2.75, 3.05) is 49.5 Å². The van der Waals surface area contributed by atoms with Crippen LogP contribution in [0.15, 0.2) is 76.9 Å². The summed E-state index contributed by atoms with van der Waals surface area (Å²) in [5, 5.41) is 2.74. The summed E-state index contributed by atoms with van der Waals surface area (Å²) in [6.07, 6.45) is 7.58. The summed E-state index contributed by atoms with van der Waals surface area (Å²) < 4.78 is 54.9. The molecule has 2 aliphatic heterocycles. The maximum absolute atomic E-state index is 13.2. The molecule has 5 rings (SSSR count). The molecule has 0 radical (unpaired) electrons. The van der Waals surface area contributed by atoms with Gasteiger partial charge in [0.2, 0.25) is 20.0 Å². The van der Waals surface area contributed by atoms with Gasteiger partial charge < -0.3 is 10.2 Å². The summed E-state index contributed by atoms with van der Waals surface area (Å²) in [5.41, 5.74) is 0.724. The number of benzene rings is 2. The smallest absolute Gasteiger partial charge is 0.255 e. The number of piperidine rings is 1. The molecule has 39 heavy (non-hydrogen) atoms. The number of nitrogens with zero attached hydrogens (tertiary/aromatic N) is 5. The van der Waals surface area contributed by atoms with Gasteiger partial charge in [-0.3, -0.25) is 9.78 Å². The Balaban J connectivity index is 1.19. The second-order valence-corrected chi connectivity index (χ2v) is 13.3. The van der Waals surface area contributed by atoms with Gasteiger partial charge in [-0.2, -0.15) is 8.61 Å². The summed E-state index contributed by atoms with van der Waals surface area (Å²) >= 11 is 0. The van der Waals surface area contributed by atoms with Crippen molar-refractivity contribution in [3.05, 3.63) is 72.7 Å². The number of hydrogen-bond acceptors (Lipinski definition) is 8. The standard InChI is InChI=1S/C26H30N6O5S2/c33-26(21-4-8-23(9-5-21)38(34,35)31-14-2-1-3-15-31)29-22-6-10-24(11-7-22)39(36,37)32-18-16-30(17-19-32)25-20-27-12-13-28-25/h4-13,20H,1-3,14-19H2,(H,29,33). The molecule has 2 aromatic carbocycles. The normalized spacial score (nSPS) is 17.6. The van der Waals surface area contributed by atoms with Gasteiger partial charge in [0.1, 0.15) is 5.82 Å². The van der Waals surface area contributed by atoms with Gasteiger partial charge in [-0.15, -0.1) is 0 Å². The summed E-state index contributed by atoms with van der Waals surface area (Å²) in [6, 6.07) is 11.8. The Bertz CT molecular complexity index is 1500. The van der Waals surface area contributed by atoms with Crippen molar-refractivity contribution < 1.29 is 21.6 Å². The fourth-order valence-corrected chi connectivity index (χ4v) is 7.65. The van der Waals surface area contributed by atoms with Crippen LogP contribution in [0.2, 0.25) is 0 Å². The molecule has 0 unspecified atom stereocenters. The first kappa shape index (κ1) is 27.2. The van der Waals surface area contributed by atoms with E-state index in [1.807, 2.05) is 4.90 Å². The lowest BCUT2D eigenvalue weighted by Crippen LogP contribution is -2.48. The zero-order valence-corrected chi connectivity index (χ0v) is 22.9. The van der Waals surface area contributed by atoms with E-state index >= 15 is 0 Å². The van der Waals surface area contributed by atoms with E-state index in [-0.39, 0.29) is 9.79 Å². The topological polar surface area (TPSA) is 133 Å². The molecule has 2 aliphatic rings. The summed E-state index contributed by atoms with van der Waals surface area (Å²) in [5.74, 6) is 0.292. The van der Waals surface area contributed by atoms with Crippen molar-refractivity contribution >= 4 is 37.5 Å². The molecule has 1 N–H and O–H groups in total. The molecule has 2 fully saturated rings. The molecule has 13 heteroatoms. The van der Waals surface area contributed by atoms with Crippen molar-refractivity contribution in [2.24, 2.45) is 0 Å². The second kappa shape index (κ2) is 11.4. The zero-order chi connectivity index (χ0) is 27.5. The minimum absolute atomic E-state index is 0.140. The van der Waals surface area contributed by atoms with E-state index in [1.54, 1.807) is 18.6 Å². The van der Waals surface area contributed by atoms with Crippen molar-refractivity contribution in [3.63, 3.8) is 0 Å². The predicted octanol–water partition coefficient (Wildman–Crippen LogP) is 2.41. The fourth-order valence-electron chi connectivity index (χ4n) is 4.71. The van der Waals surface area contributed by atoms with Crippen LogP contribution in [0.4, 0.5) is 11.5 Å². The highest BCUT2D eigenvalue weighted by Crippen LogP contribution is 2.23. The van der Waals surface area contributed by atoms with E-state index in [0.717, 1.165) is 19.3 Å². The molecule has 0 atom stereocenters. The van der Waals surface area contributed by atoms with E-state index in [9.17, 15) is 21.6 Å². The lowest BCUT2D eigenvalue weighted by atomic mass is 10.2. The molecule has 0 aliphatic carbocycles. The number of hydrogen-bond donors (Lipinski definition) is 1. The molecular formula is C26H30N6O5S2. The molecule has 2 saturated heterocycles. The average Bonchev–Trinajstić information content (AvgIpc) is 2.98. The van der Waals surface area contributed by atoms with E-state index in [1.165, 1.54) is 57.1 Å². The Morgan fingerprint density at radius 3 is 1.82 bits per heavy atom. The maximum Gasteiger partial charge on any atom is 0.255 e. The van der Waals surface area contributed by atoms with Gasteiger partial charge in [-0.25, -0.2) is 21.8 Å². The third kappa shape index (κ3) is 5.96. The van der Waals surface area contributed by atoms with Crippen molar-refractivity contribution in [2.45, 2.75) is 29.1 Å². The van der Waals surface area contributed by atoms with Gasteiger partial charge in [0.25, 0.3) is 5.91 Å². The van der Waals surface area contributed by atoms with E-state index in [0.29, 0.717) is 56.3 Å². The number of nitrogens with one attached hydrogen (secondary N) is 1. The fraction of sp³-hybridized carbons (Fsp3) is 0.346. The van der Waals surface area contributed by atoms with Crippen LogP contribution in [-0.2, 0) is 20.0 Å². The van der Waals surface area contributed by atoms with Crippen LogP contribution in [0.25, 0.3) is 0 Å². The summed E-state index contributed by atoms with van der Waals surface area (Å²) in [7, 11) is -7.27. The van der Waals surface area contributed by atoms with E-state index in [2.05, 4.69) is 15.3 Å². The number of sulfonamides is 2. The average molecular weight is 571 g/mol. The molecule has 0 spiro atoms. The van der Waals surface area contributed by atoms with Crippen LogP contribution >= 0.6 is 0 Å². The van der Waals surface area contributed by atoms with Crippen LogP contribution in [0, 0.1) is 0 Å². The van der Waals surface area contributed by atoms with Crippen molar-refractivity contribution in [1.29, 1.82) is 0 Å². The van der Waals surface area contributed by atoms with E-state index in [4.69, 9.17) is 0 Å². The first-order chi connectivity index (χ1) is 18.7. The minimum atomic E-state index is -3.70. The lowest BCUT2D eigenvalue weighted by Gasteiger charge is -2.34. The first-order valence-electron chi connectivity index (χ1n) is 12.8. The van der Waals surface area contributed by atoms with Crippen LogP contribution in [0.5, 0.6) is 0 Å². The number of aromatic nitrogens is 2. The molecular weight excluding hydrogens is 540 g/mol. The quantitative estimate of drug-likeness (QED) is 0.458. The largest absolute Gasteiger partial charge is 0.353 e. The minimum Gasteiger partial charge on any atom is -0.353 e. The highest BCUT2D eigenvalue weighted by molar-refractivity contribution is 7.89. The van der Waals surface area contributed by atoms with Crippen LogP contribution < -0.4 is 10.2 Å². The lowest BCUT2D eigenvalue weighted by molar-refractivity contribution is 0.102. The number of carbonyl (C=O) groups excluding carboxylic acids is 1. The van der Waals surface area contributed by atoms with Gasteiger partial charge in [0.05, 0.1) is 16.0 Å². The van der Waals surface area contributed by atoms with Crippen LogP contribution in [0.1, 0.15) is 29.6 Å². The first-order valence-corrected chi connectivity index (χ1v) is 15.7. The summed E-state index contributed by atoms with van der Waals surface area (Å²) in [6.45, 7) is 2.67. The third-order valence-electron chi connectivity index (χ3n) is 6.93. The van der Waals surface area contributed by atoms with Gasteiger partial charge in [0.15, 0.2) is 0 Å². The molecule has 0 bridgehead atoms. The molecule has 3 heterocycles. The Kier molecular flexibility index (Phi) is 7.93. The molecule has 0 saturated carbocycles. The second-order valence-electron chi connectivity index (χ2n) is 9.42. The van der Waals surface area contributed by atoms with Gasteiger partial charge in [-0.1, -0.05) is 6.42 Å². The highest BCUT2D eigenvalue weighted by atomic mass is 32.2. The Hall–Kier alpha value is -3.39. The number of piperazine rings is 1. The number of rotatable bonds is 7. The van der Waals surface area contributed by atoms with Crippen LogP contribution in [-0.4, -0.2) is 80.6 Å². The Labute approximate surface area is 228 Å². The number of amides is 1. The monoisotopic (exact) mass is 570 g/mol. The molecule has 206 valence electrons. The molecule has 1 amide bonds. The Morgan fingerprint density at radius 2 is 1.26 bits per heavy atom. The summed E-state index contributed by atoms with van der Waals surface area (Å²) in [4.78, 5) is 23.4. The molecule has 11 nitrogen and oxygen atoms in total. The van der Waals surface area contributed by atoms with Crippen molar-refractivity contribution in [3.8, 4) is 0 Å². The predicted molar refractivity (Wildman–Crippen MR) is 146 cm³/mol. The van der Waals surface area contributed by atoms with Gasteiger partial charge in [0, 0.05) is 62.9 Å². The third-order valence-corrected chi connectivity index (χ3v) is 10.8. The van der Waals surface area contributed by atoms with E-state index < -0.39 is 26.0 Å². The Morgan fingerprint density at radius 1 is 0.692 bits per heavy atom.